The Kier molecular flexibility index (Phi) is 4.95. The number of benzene rings is 2. The molecule has 1 heterocycles. The molecule has 0 spiro atoms. The van der Waals surface area contributed by atoms with Crippen LogP contribution in [0.3, 0.4) is 0 Å². The Bertz CT molecular complexity index is 813. The molecule has 2 aliphatic rings. The Hall–Kier alpha value is -2.31. The zero-order valence-corrected chi connectivity index (χ0v) is 16.1. The molecule has 1 aliphatic heterocycles. The highest BCUT2D eigenvalue weighted by molar-refractivity contribution is 7.77. The molecular weight excluding hydrogens is 337 g/mol. The number of hydrogen-bond donors (Lipinski definition) is 0. The fourth-order valence-electron chi connectivity index (χ4n) is 3.25. The normalized spacial score (nSPS) is 21.8. The van der Waals surface area contributed by atoms with E-state index in [-0.39, 0.29) is 6.04 Å². The minimum atomic E-state index is -0.636. The zero-order chi connectivity index (χ0) is 17.9. The lowest BCUT2D eigenvalue weighted by molar-refractivity contribution is 0.243. The number of hydrogen-bond acceptors (Lipinski definition) is 1. The first-order chi connectivity index (χ1) is 12.7. The first-order valence-corrected chi connectivity index (χ1v) is 10.4. The molecule has 3 heteroatoms. The van der Waals surface area contributed by atoms with E-state index >= 15 is 0 Å². The van der Waals surface area contributed by atoms with E-state index in [9.17, 15) is 0 Å². The van der Waals surface area contributed by atoms with Crippen molar-refractivity contribution in [2.24, 2.45) is 5.92 Å². The second kappa shape index (κ2) is 7.51. The van der Waals surface area contributed by atoms with E-state index in [1.165, 1.54) is 15.9 Å². The van der Waals surface area contributed by atoms with Crippen LogP contribution < -0.4 is 10.6 Å². The van der Waals surface area contributed by atoms with Gasteiger partial charge in [-0.05, 0) is 23.8 Å². The highest BCUT2D eigenvalue weighted by Crippen LogP contribution is 2.50. The van der Waals surface area contributed by atoms with Crippen LogP contribution in [0.4, 0.5) is 0 Å². The van der Waals surface area contributed by atoms with E-state index in [0.29, 0.717) is 12.5 Å². The van der Waals surface area contributed by atoms with Gasteiger partial charge in [0.05, 0.1) is 6.61 Å². The van der Waals surface area contributed by atoms with Crippen LogP contribution in [0.5, 0.6) is 0 Å². The van der Waals surface area contributed by atoms with E-state index in [2.05, 4.69) is 92.7 Å². The molecule has 1 saturated heterocycles. The minimum Gasteiger partial charge on any atom is -0.648 e. The molecular formula is C23H23NOP-. The van der Waals surface area contributed by atoms with Crippen LogP contribution in [0.25, 0.3) is 5.32 Å². The van der Waals surface area contributed by atoms with Crippen LogP contribution in [0.1, 0.15) is 13.8 Å². The van der Waals surface area contributed by atoms with Gasteiger partial charge in [-0.25, -0.2) is 0 Å². The molecule has 1 fully saturated rings. The molecule has 4 rings (SSSR count). The third-order valence-electron chi connectivity index (χ3n) is 4.74. The van der Waals surface area contributed by atoms with Gasteiger partial charge >= 0.3 is 0 Å². The van der Waals surface area contributed by atoms with Gasteiger partial charge in [0.15, 0.2) is 0 Å². The molecule has 2 aromatic rings. The van der Waals surface area contributed by atoms with Crippen molar-refractivity contribution in [3.63, 3.8) is 0 Å². The minimum absolute atomic E-state index is 0.257. The quantitative estimate of drug-likeness (QED) is 0.686. The number of allylic oxidation sites excluding steroid dienone is 5. The molecule has 0 N–H and O–H groups in total. The van der Waals surface area contributed by atoms with Crippen LogP contribution in [0.2, 0.25) is 0 Å². The summed E-state index contributed by atoms with van der Waals surface area (Å²) >= 11 is 0. The SMILES string of the molecule is CC(C)C1COC(=C2C=CC=C2P(c2ccccc2)c2ccccc2)[N-]1. The molecule has 1 atom stereocenters. The molecule has 132 valence electrons. The summed E-state index contributed by atoms with van der Waals surface area (Å²) < 4.78 is 5.99. The molecule has 0 bridgehead atoms. The van der Waals surface area contributed by atoms with Crippen LogP contribution in [-0.4, -0.2) is 12.6 Å². The Labute approximate surface area is 157 Å². The van der Waals surface area contributed by atoms with E-state index < -0.39 is 7.92 Å². The van der Waals surface area contributed by atoms with Crippen molar-refractivity contribution >= 4 is 18.5 Å². The maximum absolute atomic E-state index is 5.99. The van der Waals surface area contributed by atoms with Crippen molar-refractivity contribution in [3.05, 3.63) is 101 Å². The number of rotatable bonds is 4. The fraction of sp³-hybridized carbons (Fsp3) is 0.217. The summed E-state index contributed by atoms with van der Waals surface area (Å²) in [6, 6.07) is 21.8. The van der Waals surface area contributed by atoms with E-state index in [4.69, 9.17) is 10.1 Å². The van der Waals surface area contributed by atoms with Gasteiger partial charge in [-0.1, -0.05) is 105 Å². The molecule has 1 aliphatic carbocycles. The zero-order valence-electron chi connectivity index (χ0n) is 15.2. The van der Waals surface area contributed by atoms with Gasteiger partial charge in [-0.3, -0.25) is 0 Å². The highest BCUT2D eigenvalue weighted by atomic mass is 31.1. The van der Waals surface area contributed by atoms with Crippen molar-refractivity contribution < 1.29 is 4.74 Å². The van der Waals surface area contributed by atoms with Crippen LogP contribution >= 0.6 is 7.92 Å². The summed E-state index contributed by atoms with van der Waals surface area (Å²) in [4.78, 5) is 0. The molecule has 0 saturated carbocycles. The van der Waals surface area contributed by atoms with Gasteiger partial charge in [0.2, 0.25) is 0 Å². The van der Waals surface area contributed by atoms with Gasteiger partial charge in [-0.2, -0.15) is 0 Å². The summed E-state index contributed by atoms with van der Waals surface area (Å²) in [7, 11) is -0.636. The fourth-order valence-corrected chi connectivity index (χ4v) is 5.69. The lowest BCUT2D eigenvalue weighted by Gasteiger charge is -2.28. The van der Waals surface area contributed by atoms with Gasteiger partial charge in [0.25, 0.3) is 0 Å². The van der Waals surface area contributed by atoms with Gasteiger partial charge in [0, 0.05) is 11.5 Å². The van der Waals surface area contributed by atoms with E-state index in [1.54, 1.807) is 0 Å². The highest BCUT2D eigenvalue weighted by Gasteiger charge is 2.25. The third-order valence-corrected chi connectivity index (χ3v) is 7.24. The first kappa shape index (κ1) is 17.1. The summed E-state index contributed by atoms with van der Waals surface area (Å²) in [6.45, 7) is 5.09. The largest absolute Gasteiger partial charge is 0.648 e. The summed E-state index contributed by atoms with van der Waals surface area (Å²) in [6.07, 6.45) is 6.51. The smallest absolute Gasteiger partial charge is 0.0726 e. The first-order valence-electron chi connectivity index (χ1n) is 9.11. The topological polar surface area (TPSA) is 23.3 Å². The predicted molar refractivity (Wildman–Crippen MR) is 111 cm³/mol. The Morgan fingerprint density at radius 2 is 1.58 bits per heavy atom. The summed E-state index contributed by atoms with van der Waals surface area (Å²) in [5.74, 6) is 1.30. The lowest BCUT2D eigenvalue weighted by Crippen LogP contribution is -2.13. The maximum atomic E-state index is 5.99. The Morgan fingerprint density at radius 1 is 0.962 bits per heavy atom. The molecule has 0 aromatic heterocycles. The van der Waals surface area contributed by atoms with Gasteiger partial charge < -0.3 is 10.1 Å². The second-order valence-electron chi connectivity index (χ2n) is 6.89. The average Bonchev–Trinajstić information content (AvgIpc) is 3.33. The average molecular weight is 360 g/mol. The Balaban J connectivity index is 1.75. The number of nitrogens with zero attached hydrogens (tertiary/aromatic N) is 1. The van der Waals surface area contributed by atoms with Crippen molar-refractivity contribution in [2.75, 3.05) is 6.61 Å². The van der Waals surface area contributed by atoms with Crippen LogP contribution in [-0.2, 0) is 4.74 Å². The summed E-state index contributed by atoms with van der Waals surface area (Å²) in [5, 5.41) is 8.88. The monoisotopic (exact) mass is 360 g/mol. The van der Waals surface area contributed by atoms with Crippen molar-refractivity contribution in [1.82, 2.24) is 0 Å². The van der Waals surface area contributed by atoms with Crippen molar-refractivity contribution in [3.8, 4) is 0 Å². The molecule has 2 nitrogen and oxygen atoms in total. The standard InChI is InChI=1S/C23H23NOP/c1-17(2)21-16-25-23(24-21)20-14-9-15-22(20)26(18-10-5-3-6-11-18)19-12-7-4-8-13-19/h3-15,17,21H,16H2,1-2H3/q-1. The Morgan fingerprint density at radius 3 is 2.12 bits per heavy atom. The molecule has 0 radical (unpaired) electrons. The third kappa shape index (κ3) is 3.34. The molecule has 1 unspecified atom stereocenters. The predicted octanol–water partition coefficient (Wildman–Crippen LogP) is 5.21. The molecule has 0 amide bonds. The molecule has 2 aromatic carbocycles. The van der Waals surface area contributed by atoms with Crippen molar-refractivity contribution in [2.45, 2.75) is 19.9 Å². The molecule has 26 heavy (non-hydrogen) atoms. The lowest BCUT2D eigenvalue weighted by atomic mass is 10.1. The van der Waals surface area contributed by atoms with Crippen molar-refractivity contribution in [1.29, 1.82) is 0 Å². The van der Waals surface area contributed by atoms with Gasteiger partial charge in [-0.15, -0.1) is 0 Å². The van der Waals surface area contributed by atoms with E-state index in [1.807, 2.05) is 0 Å². The van der Waals surface area contributed by atoms with Crippen LogP contribution in [0.15, 0.2) is 95.7 Å². The second-order valence-corrected chi connectivity index (χ2v) is 9.07. The number of ether oxygens (including phenoxy) is 1. The van der Waals surface area contributed by atoms with Gasteiger partial charge in [0.1, 0.15) is 0 Å². The summed E-state index contributed by atoms with van der Waals surface area (Å²) in [5.41, 5.74) is 1.15. The van der Waals surface area contributed by atoms with Crippen LogP contribution in [0, 0.1) is 5.92 Å². The van der Waals surface area contributed by atoms with E-state index in [0.717, 1.165) is 11.5 Å². The maximum Gasteiger partial charge on any atom is 0.0726 e.